The second-order valence-electron chi connectivity index (χ2n) is 2.62. The Balaban J connectivity index is 2.86. The van der Waals surface area contributed by atoms with Gasteiger partial charge in [-0.3, -0.25) is 0 Å². The van der Waals surface area contributed by atoms with Crippen molar-refractivity contribution in [3.63, 3.8) is 0 Å². The van der Waals surface area contributed by atoms with E-state index in [2.05, 4.69) is 4.74 Å². The lowest BCUT2D eigenvalue weighted by Gasteiger charge is -2.05. The molecule has 0 spiro atoms. The Morgan fingerprint density at radius 2 is 2.27 bits per heavy atom. The van der Waals surface area contributed by atoms with Crippen LogP contribution in [0.3, 0.4) is 0 Å². The van der Waals surface area contributed by atoms with E-state index >= 15 is 0 Å². The van der Waals surface area contributed by atoms with Gasteiger partial charge in [-0.15, -0.1) is 0 Å². The summed E-state index contributed by atoms with van der Waals surface area (Å²) in [6.07, 6.45) is 0. The predicted octanol–water partition coefficient (Wildman–Crippen LogP) is 2.58. The van der Waals surface area contributed by atoms with Crippen molar-refractivity contribution in [3.8, 4) is 5.75 Å². The average Bonchev–Trinajstić information content (AvgIpc) is 2.21. The number of halogens is 2. The topological polar surface area (TPSA) is 35.5 Å². The van der Waals surface area contributed by atoms with Gasteiger partial charge in [0.1, 0.15) is 0 Å². The Labute approximate surface area is 91.7 Å². The van der Waals surface area contributed by atoms with E-state index in [-0.39, 0.29) is 17.4 Å². The largest absolute Gasteiger partial charge is 0.491 e. The number of alkyl halides is 1. The zero-order chi connectivity index (χ0) is 11.3. The minimum atomic E-state index is -0.660. The van der Waals surface area contributed by atoms with Gasteiger partial charge in [0.15, 0.2) is 17.6 Å². The number of ether oxygens (including phenoxy) is 2. The van der Waals surface area contributed by atoms with Crippen LogP contribution in [0.2, 0.25) is 0 Å². The lowest BCUT2D eigenvalue weighted by atomic mass is 10.2. The fourth-order valence-corrected chi connectivity index (χ4v) is 1.13. The molecule has 15 heavy (non-hydrogen) atoms. The number of hydrogen-bond acceptors (Lipinski definition) is 3. The SMILES string of the molecule is CCOc1ccc(C(=O)OCCl)cc1F. The molecule has 1 aromatic rings. The Hall–Kier alpha value is -1.29. The van der Waals surface area contributed by atoms with Crippen molar-refractivity contribution < 1.29 is 18.7 Å². The standard InChI is InChI=1S/C10H10ClFO3/c1-2-14-9-4-3-7(5-8(9)12)10(13)15-6-11/h3-5H,2,6H2,1H3. The van der Waals surface area contributed by atoms with Crippen molar-refractivity contribution >= 4 is 17.6 Å². The van der Waals surface area contributed by atoms with Crippen molar-refractivity contribution in [2.24, 2.45) is 0 Å². The van der Waals surface area contributed by atoms with E-state index in [1.165, 1.54) is 12.1 Å². The van der Waals surface area contributed by atoms with Crippen LogP contribution in [0.1, 0.15) is 17.3 Å². The summed E-state index contributed by atoms with van der Waals surface area (Å²) in [6, 6.07) is 3.60. The third kappa shape index (κ3) is 3.09. The quantitative estimate of drug-likeness (QED) is 0.591. The molecule has 1 rings (SSSR count). The average molecular weight is 233 g/mol. The zero-order valence-electron chi connectivity index (χ0n) is 8.13. The first-order valence-corrected chi connectivity index (χ1v) is 4.88. The molecule has 0 aliphatic carbocycles. The molecule has 0 saturated carbocycles. The van der Waals surface area contributed by atoms with Gasteiger partial charge in [-0.05, 0) is 25.1 Å². The van der Waals surface area contributed by atoms with Crippen LogP contribution in [0.4, 0.5) is 4.39 Å². The summed E-state index contributed by atoms with van der Waals surface area (Å²) in [7, 11) is 0. The van der Waals surface area contributed by atoms with Crippen molar-refractivity contribution in [1.82, 2.24) is 0 Å². The maximum Gasteiger partial charge on any atom is 0.339 e. The van der Waals surface area contributed by atoms with E-state index in [0.717, 1.165) is 6.07 Å². The van der Waals surface area contributed by atoms with E-state index < -0.39 is 11.8 Å². The first-order valence-electron chi connectivity index (χ1n) is 4.34. The molecular formula is C10H10ClFO3. The molecule has 0 N–H and O–H groups in total. The van der Waals surface area contributed by atoms with E-state index in [1.807, 2.05) is 0 Å². The van der Waals surface area contributed by atoms with E-state index in [9.17, 15) is 9.18 Å². The summed E-state index contributed by atoms with van der Waals surface area (Å²) >= 11 is 5.21. The fourth-order valence-electron chi connectivity index (χ4n) is 1.03. The highest BCUT2D eigenvalue weighted by molar-refractivity contribution is 6.17. The number of esters is 1. The Morgan fingerprint density at radius 1 is 1.53 bits per heavy atom. The second-order valence-corrected chi connectivity index (χ2v) is 2.84. The summed E-state index contributed by atoms with van der Waals surface area (Å²) in [5.41, 5.74) is 0.108. The molecule has 0 atom stereocenters. The second kappa shape index (κ2) is 5.56. The molecule has 0 bridgehead atoms. The minimum absolute atomic E-state index is 0.108. The maximum absolute atomic E-state index is 13.3. The molecule has 82 valence electrons. The first kappa shape index (κ1) is 11.8. The number of carbonyl (C=O) groups excluding carboxylic acids is 1. The molecule has 0 fully saturated rings. The van der Waals surface area contributed by atoms with Crippen LogP contribution in [0.15, 0.2) is 18.2 Å². The first-order chi connectivity index (χ1) is 7.19. The molecule has 3 nitrogen and oxygen atoms in total. The highest BCUT2D eigenvalue weighted by Gasteiger charge is 2.10. The van der Waals surface area contributed by atoms with Gasteiger partial charge in [0.25, 0.3) is 0 Å². The fraction of sp³-hybridized carbons (Fsp3) is 0.300. The van der Waals surface area contributed by atoms with E-state index in [4.69, 9.17) is 16.3 Å². The van der Waals surface area contributed by atoms with Crippen LogP contribution >= 0.6 is 11.6 Å². The highest BCUT2D eigenvalue weighted by Crippen LogP contribution is 2.18. The molecule has 0 unspecified atom stereocenters. The van der Waals surface area contributed by atoms with Gasteiger partial charge in [0.05, 0.1) is 12.2 Å². The van der Waals surface area contributed by atoms with Gasteiger partial charge in [-0.25, -0.2) is 9.18 Å². The van der Waals surface area contributed by atoms with Crippen molar-refractivity contribution in [2.75, 3.05) is 12.7 Å². The molecule has 0 aromatic heterocycles. The van der Waals surface area contributed by atoms with Crippen LogP contribution < -0.4 is 4.74 Å². The summed E-state index contributed by atoms with van der Waals surface area (Å²) in [4.78, 5) is 11.2. The highest BCUT2D eigenvalue weighted by atomic mass is 35.5. The molecule has 5 heteroatoms. The Kier molecular flexibility index (Phi) is 4.37. The molecule has 0 amide bonds. The monoisotopic (exact) mass is 232 g/mol. The summed E-state index contributed by atoms with van der Waals surface area (Å²) in [6.45, 7) is 2.11. The molecule has 0 aliphatic heterocycles. The van der Waals surface area contributed by atoms with E-state index in [1.54, 1.807) is 6.92 Å². The van der Waals surface area contributed by atoms with Crippen molar-refractivity contribution in [2.45, 2.75) is 6.92 Å². The summed E-state index contributed by atoms with van der Waals surface area (Å²) < 4.78 is 22.8. The molecule has 1 aromatic carbocycles. The number of rotatable bonds is 4. The third-order valence-corrected chi connectivity index (χ3v) is 1.76. The van der Waals surface area contributed by atoms with Gasteiger partial charge >= 0.3 is 5.97 Å². The van der Waals surface area contributed by atoms with Gasteiger partial charge in [-0.2, -0.15) is 0 Å². The maximum atomic E-state index is 13.3. The Morgan fingerprint density at radius 3 is 2.80 bits per heavy atom. The van der Waals surface area contributed by atoms with E-state index in [0.29, 0.717) is 6.61 Å². The number of benzene rings is 1. The number of hydrogen-bond donors (Lipinski definition) is 0. The van der Waals surface area contributed by atoms with Crippen LogP contribution in [0, 0.1) is 5.82 Å². The third-order valence-electron chi connectivity index (χ3n) is 1.65. The minimum Gasteiger partial charge on any atom is -0.491 e. The van der Waals surface area contributed by atoms with Gasteiger partial charge in [0, 0.05) is 0 Å². The van der Waals surface area contributed by atoms with Crippen LogP contribution in [0.25, 0.3) is 0 Å². The normalized spacial score (nSPS) is 9.80. The summed E-state index contributed by atoms with van der Waals surface area (Å²) in [5.74, 6) is -1.15. The molecule has 0 aliphatic rings. The molecular weight excluding hydrogens is 223 g/mol. The predicted molar refractivity (Wildman–Crippen MR) is 53.7 cm³/mol. The van der Waals surface area contributed by atoms with Crippen LogP contribution in [0.5, 0.6) is 5.75 Å². The van der Waals surface area contributed by atoms with Gasteiger partial charge < -0.3 is 9.47 Å². The molecule has 0 heterocycles. The molecule has 0 saturated heterocycles. The van der Waals surface area contributed by atoms with Crippen LogP contribution in [-0.4, -0.2) is 18.6 Å². The zero-order valence-corrected chi connectivity index (χ0v) is 8.88. The lowest BCUT2D eigenvalue weighted by molar-refractivity contribution is 0.0573. The van der Waals surface area contributed by atoms with Crippen molar-refractivity contribution in [1.29, 1.82) is 0 Å². The smallest absolute Gasteiger partial charge is 0.339 e. The van der Waals surface area contributed by atoms with Crippen molar-refractivity contribution in [3.05, 3.63) is 29.6 Å². The number of carbonyl (C=O) groups is 1. The molecule has 0 radical (unpaired) electrons. The summed E-state index contributed by atoms with van der Waals surface area (Å²) in [5, 5.41) is 0. The van der Waals surface area contributed by atoms with Crippen LogP contribution in [-0.2, 0) is 4.74 Å². The van der Waals surface area contributed by atoms with Gasteiger partial charge in [0.2, 0.25) is 0 Å². The van der Waals surface area contributed by atoms with Gasteiger partial charge in [-0.1, -0.05) is 11.6 Å². The lowest BCUT2D eigenvalue weighted by Crippen LogP contribution is -2.04. The Bertz CT molecular complexity index is 355.